The molecule has 1 aliphatic heterocycles. The van der Waals surface area contributed by atoms with Crippen LogP contribution in [0.25, 0.3) is 0 Å². The van der Waals surface area contributed by atoms with E-state index in [1.807, 2.05) is 6.92 Å². The zero-order valence-corrected chi connectivity index (χ0v) is 17.0. The molecule has 0 bridgehead atoms. The zero-order valence-electron chi connectivity index (χ0n) is 17.0. The summed E-state index contributed by atoms with van der Waals surface area (Å²) in [5.74, 6) is 0.289. The zero-order chi connectivity index (χ0) is 21.5. The van der Waals surface area contributed by atoms with Gasteiger partial charge >= 0.3 is 0 Å². The summed E-state index contributed by atoms with van der Waals surface area (Å²) in [5, 5.41) is 0. The van der Waals surface area contributed by atoms with E-state index in [-0.39, 0.29) is 5.91 Å². The van der Waals surface area contributed by atoms with Crippen LogP contribution in [0, 0.1) is 0 Å². The predicted octanol–water partition coefficient (Wildman–Crippen LogP) is 2.44. The van der Waals surface area contributed by atoms with Crippen molar-refractivity contribution in [2.45, 2.75) is 32.8 Å². The second-order valence-electron chi connectivity index (χ2n) is 6.81. The molecule has 158 valence electrons. The van der Waals surface area contributed by atoms with Crippen molar-refractivity contribution < 1.29 is 23.9 Å². The molecule has 0 radical (unpaired) electrons. The van der Waals surface area contributed by atoms with Crippen LogP contribution < -0.4 is 25.2 Å². The van der Waals surface area contributed by atoms with Crippen molar-refractivity contribution in [2.24, 2.45) is 0 Å². The van der Waals surface area contributed by atoms with Crippen LogP contribution in [0.1, 0.15) is 37.0 Å². The minimum atomic E-state index is -0.822. The molecule has 1 aliphatic rings. The molecule has 1 atom stereocenters. The van der Waals surface area contributed by atoms with E-state index in [4.69, 9.17) is 9.47 Å². The normalized spacial score (nSPS) is 14.2. The van der Waals surface area contributed by atoms with Gasteiger partial charge in [-0.1, -0.05) is 6.07 Å². The fraction of sp³-hybridized carbons (Fsp3) is 0.318. The highest BCUT2D eigenvalue weighted by molar-refractivity contribution is 5.99. The van der Waals surface area contributed by atoms with E-state index < -0.39 is 17.9 Å². The molecule has 0 unspecified atom stereocenters. The molecule has 0 aliphatic carbocycles. The Balaban J connectivity index is 1.52. The number of anilines is 1. The Morgan fingerprint density at radius 3 is 2.50 bits per heavy atom. The first-order valence-corrected chi connectivity index (χ1v) is 9.88. The summed E-state index contributed by atoms with van der Waals surface area (Å²) in [4.78, 5) is 38.2. The van der Waals surface area contributed by atoms with Crippen molar-refractivity contribution >= 4 is 23.4 Å². The van der Waals surface area contributed by atoms with E-state index in [0.29, 0.717) is 42.3 Å². The van der Waals surface area contributed by atoms with Gasteiger partial charge in [0.15, 0.2) is 6.10 Å². The number of ether oxygens (including phenoxy) is 2. The molecule has 0 saturated carbocycles. The highest BCUT2D eigenvalue weighted by Crippen LogP contribution is 2.22. The lowest BCUT2D eigenvalue weighted by atomic mass is 10.2. The first kappa shape index (κ1) is 21.2. The standard InChI is InChI=1S/C22H25N3O5/c1-3-29-18-9-11-19(12-10-18)30-15(2)21(27)23-24-22(28)16-6-4-7-17(14-16)25-13-5-8-20(25)26/h4,6-7,9-12,14-15H,3,5,8,13H2,1-2H3,(H,23,27)(H,24,28)/t15-/m1/s1. The van der Waals surface area contributed by atoms with Crippen molar-refractivity contribution in [3.63, 3.8) is 0 Å². The Bertz CT molecular complexity index is 913. The van der Waals surface area contributed by atoms with E-state index in [1.165, 1.54) is 0 Å². The van der Waals surface area contributed by atoms with Crippen LogP contribution in [0.4, 0.5) is 5.69 Å². The van der Waals surface area contributed by atoms with Gasteiger partial charge in [-0.15, -0.1) is 0 Å². The lowest BCUT2D eigenvalue weighted by Gasteiger charge is -2.17. The lowest BCUT2D eigenvalue weighted by Crippen LogP contribution is -2.47. The summed E-state index contributed by atoms with van der Waals surface area (Å²) in [6.07, 6.45) is 0.493. The second kappa shape index (κ2) is 9.78. The summed E-state index contributed by atoms with van der Waals surface area (Å²) >= 11 is 0. The number of carbonyl (C=O) groups excluding carboxylic acids is 3. The SMILES string of the molecule is CCOc1ccc(O[C@H](C)C(=O)NNC(=O)c2cccc(N3CCCC3=O)c2)cc1. The average Bonchev–Trinajstić information content (AvgIpc) is 3.19. The molecule has 30 heavy (non-hydrogen) atoms. The molecule has 3 rings (SSSR count). The number of benzene rings is 2. The van der Waals surface area contributed by atoms with Crippen molar-refractivity contribution in [1.82, 2.24) is 10.9 Å². The van der Waals surface area contributed by atoms with Crippen molar-refractivity contribution in [1.29, 1.82) is 0 Å². The summed E-state index contributed by atoms with van der Waals surface area (Å²) in [6.45, 7) is 4.68. The maximum absolute atomic E-state index is 12.4. The van der Waals surface area contributed by atoms with Crippen molar-refractivity contribution in [3.8, 4) is 11.5 Å². The maximum atomic E-state index is 12.4. The predicted molar refractivity (Wildman–Crippen MR) is 111 cm³/mol. The molecule has 0 spiro atoms. The van der Waals surface area contributed by atoms with Crippen LogP contribution in [0.2, 0.25) is 0 Å². The van der Waals surface area contributed by atoms with Crippen LogP contribution in [0.15, 0.2) is 48.5 Å². The Morgan fingerprint density at radius 1 is 1.10 bits per heavy atom. The summed E-state index contributed by atoms with van der Waals surface area (Å²) in [5.41, 5.74) is 5.75. The fourth-order valence-electron chi connectivity index (χ4n) is 3.07. The summed E-state index contributed by atoms with van der Waals surface area (Å²) in [6, 6.07) is 13.7. The number of hydrogen-bond donors (Lipinski definition) is 2. The number of carbonyl (C=O) groups is 3. The van der Waals surface area contributed by atoms with Gasteiger partial charge < -0.3 is 14.4 Å². The molecule has 0 aromatic heterocycles. The van der Waals surface area contributed by atoms with Crippen LogP contribution in [-0.4, -0.2) is 37.0 Å². The molecule has 8 nitrogen and oxygen atoms in total. The van der Waals surface area contributed by atoms with Gasteiger partial charge in [-0.3, -0.25) is 25.2 Å². The summed E-state index contributed by atoms with van der Waals surface area (Å²) in [7, 11) is 0. The van der Waals surface area contributed by atoms with E-state index in [1.54, 1.807) is 60.4 Å². The van der Waals surface area contributed by atoms with Gasteiger partial charge in [0.25, 0.3) is 11.8 Å². The average molecular weight is 411 g/mol. The smallest absolute Gasteiger partial charge is 0.279 e. The molecule has 2 aromatic rings. The second-order valence-corrected chi connectivity index (χ2v) is 6.81. The number of hydrazine groups is 1. The van der Waals surface area contributed by atoms with Gasteiger partial charge in [0.05, 0.1) is 6.61 Å². The minimum Gasteiger partial charge on any atom is -0.494 e. The molecular formula is C22H25N3O5. The Kier molecular flexibility index (Phi) is 6.90. The van der Waals surface area contributed by atoms with Crippen LogP contribution in [0.3, 0.4) is 0 Å². The Morgan fingerprint density at radius 2 is 1.83 bits per heavy atom. The first-order valence-electron chi connectivity index (χ1n) is 9.88. The van der Waals surface area contributed by atoms with Gasteiger partial charge in [0, 0.05) is 24.2 Å². The molecule has 2 aromatic carbocycles. The van der Waals surface area contributed by atoms with Gasteiger partial charge in [-0.05, 0) is 62.7 Å². The fourth-order valence-corrected chi connectivity index (χ4v) is 3.07. The lowest BCUT2D eigenvalue weighted by molar-refractivity contribution is -0.128. The number of nitrogens with zero attached hydrogens (tertiary/aromatic N) is 1. The number of amides is 3. The van der Waals surface area contributed by atoms with Gasteiger partial charge in [-0.25, -0.2) is 0 Å². The monoisotopic (exact) mass is 411 g/mol. The Hall–Kier alpha value is -3.55. The maximum Gasteiger partial charge on any atom is 0.279 e. The summed E-state index contributed by atoms with van der Waals surface area (Å²) < 4.78 is 10.9. The third kappa shape index (κ3) is 5.28. The number of rotatable bonds is 7. The van der Waals surface area contributed by atoms with Gasteiger partial charge in [0.1, 0.15) is 11.5 Å². The topological polar surface area (TPSA) is 97.0 Å². The molecule has 2 N–H and O–H groups in total. The molecule has 3 amide bonds. The molecular weight excluding hydrogens is 386 g/mol. The largest absolute Gasteiger partial charge is 0.494 e. The quantitative estimate of drug-likeness (QED) is 0.682. The van der Waals surface area contributed by atoms with Crippen LogP contribution in [-0.2, 0) is 9.59 Å². The third-order valence-electron chi connectivity index (χ3n) is 4.61. The molecule has 1 saturated heterocycles. The van der Waals surface area contributed by atoms with E-state index in [0.717, 1.165) is 6.42 Å². The molecule has 8 heteroatoms. The van der Waals surface area contributed by atoms with E-state index in [2.05, 4.69) is 10.9 Å². The van der Waals surface area contributed by atoms with E-state index in [9.17, 15) is 14.4 Å². The molecule has 1 fully saturated rings. The van der Waals surface area contributed by atoms with Crippen LogP contribution in [0.5, 0.6) is 11.5 Å². The minimum absolute atomic E-state index is 0.0427. The van der Waals surface area contributed by atoms with Crippen molar-refractivity contribution in [2.75, 3.05) is 18.1 Å². The number of nitrogens with one attached hydrogen (secondary N) is 2. The number of hydrogen-bond acceptors (Lipinski definition) is 5. The third-order valence-corrected chi connectivity index (χ3v) is 4.61. The van der Waals surface area contributed by atoms with Gasteiger partial charge in [-0.2, -0.15) is 0 Å². The molecule has 1 heterocycles. The Labute approximate surface area is 175 Å². The van der Waals surface area contributed by atoms with Gasteiger partial charge in [0.2, 0.25) is 5.91 Å². The first-order chi connectivity index (χ1) is 14.5. The van der Waals surface area contributed by atoms with E-state index >= 15 is 0 Å². The highest BCUT2D eigenvalue weighted by Gasteiger charge is 2.22. The van der Waals surface area contributed by atoms with Crippen LogP contribution >= 0.6 is 0 Å². The van der Waals surface area contributed by atoms with Crippen molar-refractivity contribution in [3.05, 3.63) is 54.1 Å². The highest BCUT2D eigenvalue weighted by atomic mass is 16.5.